The highest BCUT2D eigenvalue weighted by atomic mass is 35.5. The highest BCUT2D eigenvalue weighted by Crippen LogP contribution is 2.33. The highest BCUT2D eigenvalue weighted by molar-refractivity contribution is 6.35. The van der Waals surface area contributed by atoms with E-state index in [9.17, 15) is 4.39 Å². The summed E-state index contributed by atoms with van der Waals surface area (Å²) in [5.74, 6) is 0. The van der Waals surface area contributed by atoms with Crippen LogP contribution in [-0.2, 0) is 0 Å². The van der Waals surface area contributed by atoms with Crippen LogP contribution in [0.2, 0.25) is 10.0 Å². The molecule has 2 heterocycles. The summed E-state index contributed by atoms with van der Waals surface area (Å²) in [6.45, 7) is 2.81. The minimum atomic E-state index is -0.497. The molecule has 0 amide bonds. The molecule has 1 atom stereocenters. The van der Waals surface area contributed by atoms with Crippen LogP contribution in [0.3, 0.4) is 0 Å². The number of hydrogen-bond donors (Lipinski definition) is 1. The Bertz CT molecular complexity index is 368. The summed E-state index contributed by atoms with van der Waals surface area (Å²) in [7, 11) is 0. The molecule has 1 aliphatic heterocycles. The zero-order valence-corrected chi connectivity index (χ0v) is 13.3. The van der Waals surface area contributed by atoms with Gasteiger partial charge in [0.1, 0.15) is 6.67 Å². The summed E-state index contributed by atoms with van der Waals surface area (Å²) in [6, 6.07) is -0.375. The SMILES string of the molecule is Cl.Cl.FC[C@@H](c1c(Cl)cncc1Cl)N1CCNCC1. The Labute approximate surface area is 134 Å². The van der Waals surface area contributed by atoms with E-state index in [1.165, 1.54) is 12.4 Å². The predicted octanol–water partition coefficient (Wildman–Crippen LogP) is 3.15. The number of nitrogens with one attached hydrogen (secondary N) is 1. The summed E-state index contributed by atoms with van der Waals surface area (Å²) in [5.41, 5.74) is 0.646. The van der Waals surface area contributed by atoms with Crippen molar-refractivity contribution >= 4 is 48.0 Å². The molecule has 2 rings (SSSR count). The van der Waals surface area contributed by atoms with Crippen molar-refractivity contribution in [2.24, 2.45) is 0 Å². The quantitative estimate of drug-likeness (QED) is 0.907. The Morgan fingerprint density at radius 1 is 1.21 bits per heavy atom. The molecule has 110 valence electrons. The molecule has 1 aromatic rings. The Hall–Kier alpha value is 0.160. The molecule has 0 unspecified atom stereocenters. The fraction of sp³-hybridized carbons (Fsp3) is 0.545. The molecule has 3 nitrogen and oxygen atoms in total. The summed E-state index contributed by atoms with van der Waals surface area (Å²) in [6.07, 6.45) is 3.02. The lowest BCUT2D eigenvalue weighted by Gasteiger charge is -2.34. The van der Waals surface area contributed by atoms with Crippen molar-refractivity contribution in [1.82, 2.24) is 15.2 Å². The summed E-state index contributed by atoms with van der Waals surface area (Å²) in [5, 5.41) is 4.09. The van der Waals surface area contributed by atoms with Crippen LogP contribution >= 0.6 is 48.0 Å². The number of hydrogen-bond acceptors (Lipinski definition) is 3. The molecule has 1 aliphatic rings. The Kier molecular flexibility index (Phi) is 9.24. The van der Waals surface area contributed by atoms with E-state index in [1.807, 2.05) is 0 Å². The van der Waals surface area contributed by atoms with Gasteiger partial charge < -0.3 is 5.32 Å². The van der Waals surface area contributed by atoms with Gasteiger partial charge in [-0.2, -0.15) is 0 Å². The van der Waals surface area contributed by atoms with Crippen LogP contribution in [-0.4, -0.2) is 42.7 Å². The number of nitrogens with zero attached hydrogens (tertiary/aromatic N) is 2. The first-order valence-electron chi connectivity index (χ1n) is 5.53. The van der Waals surface area contributed by atoms with Gasteiger partial charge >= 0.3 is 0 Å². The molecule has 19 heavy (non-hydrogen) atoms. The van der Waals surface area contributed by atoms with E-state index < -0.39 is 6.67 Å². The van der Waals surface area contributed by atoms with E-state index in [0.29, 0.717) is 15.6 Å². The molecule has 1 aromatic heterocycles. The molecular formula is C11H16Cl4FN3. The van der Waals surface area contributed by atoms with Gasteiger partial charge in [-0.3, -0.25) is 9.88 Å². The average Bonchev–Trinajstić information content (AvgIpc) is 2.35. The maximum Gasteiger partial charge on any atom is 0.109 e. The molecule has 1 N–H and O–H groups in total. The summed E-state index contributed by atoms with van der Waals surface area (Å²) >= 11 is 12.1. The Balaban J connectivity index is 0.00000162. The van der Waals surface area contributed by atoms with Crippen molar-refractivity contribution < 1.29 is 4.39 Å². The lowest BCUT2D eigenvalue weighted by Crippen LogP contribution is -2.45. The van der Waals surface area contributed by atoms with Crippen molar-refractivity contribution in [3.63, 3.8) is 0 Å². The van der Waals surface area contributed by atoms with Gasteiger partial charge in [0, 0.05) is 44.1 Å². The second-order valence-electron chi connectivity index (χ2n) is 3.97. The van der Waals surface area contributed by atoms with Crippen LogP contribution in [0.4, 0.5) is 4.39 Å². The van der Waals surface area contributed by atoms with Crippen molar-refractivity contribution in [2.45, 2.75) is 6.04 Å². The standard InChI is InChI=1S/C11H14Cl2FN3.2ClH/c12-8-6-16-7-9(13)11(8)10(5-14)17-3-1-15-2-4-17;;/h6-7,10,15H,1-5H2;2*1H/t10-;;/m0../s1. The monoisotopic (exact) mass is 349 g/mol. The third-order valence-corrected chi connectivity index (χ3v) is 3.56. The van der Waals surface area contributed by atoms with E-state index in [4.69, 9.17) is 23.2 Å². The first-order chi connectivity index (χ1) is 8.24. The molecule has 0 bridgehead atoms. The second kappa shape index (κ2) is 9.16. The third kappa shape index (κ3) is 4.59. The number of halogens is 5. The molecule has 0 aromatic carbocycles. The van der Waals surface area contributed by atoms with Crippen LogP contribution in [0.5, 0.6) is 0 Å². The maximum atomic E-state index is 13.3. The van der Waals surface area contributed by atoms with Crippen molar-refractivity contribution in [2.75, 3.05) is 32.9 Å². The van der Waals surface area contributed by atoms with Gasteiger partial charge in [0.2, 0.25) is 0 Å². The molecule has 0 saturated carbocycles. The molecule has 1 saturated heterocycles. The third-order valence-electron chi connectivity index (χ3n) is 2.96. The van der Waals surface area contributed by atoms with E-state index in [1.54, 1.807) is 0 Å². The van der Waals surface area contributed by atoms with Gasteiger partial charge in [-0.05, 0) is 0 Å². The summed E-state index contributed by atoms with van der Waals surface area (Å²) < 4.78 is 13.3. The smallest absolute Gasteiger partial charge is 0.109 e. The minimum Gasteiger partial charge on any atom is -0.314 e. The van der Waals surface area contributed by atoms with Crippen LogP contribution in [0, 0.1) is 0 Å². The van der Waals surface area contributed by atoms with Gasteiger partial charge in [0.25, 0.3) is 0 Å². The van der Waals surface area contributed by atoms with Gasteiger partial charge in [0.05, 0.1) is 16.1 Å². The molecule has 8 heteroatoms. The fourth-order valence-corrected chi connectivity index (χ4v) is 2.71. The topological polar surface area (TPSA) is 28.2 Å². The lowest BCUT2D eigenvalue weighted by atomic mass is 10.1. The van der Waals surface area contributed by atoms with Crippen molar-refractivity contribution in [3.05, 3.63) is 28.0 Å². The van der Waals surface area contributed by atoms with Crippen LogP contribution < -0.4 is 5.32 Å². The molecule has 0 radical (unpaired) electrons. The van der Waals surface area contributed by atoms with Gasteiger partial charge in [-0.25, -0.2) is 4.39 Å². The van der Waals surface area contributed by atoms with Crippen LogP contribution in [0.1, 0.15) is 11.6 Å². The molecule has 0 spiro atoms. The van der Waals surface area contributed by atoms with E-state index in [0.717, 1.165) is 26.2 Å². The van der Waals surface area contributed by atoms with Crippen molar-refractivity contribution in [1.29, 1.82) is 0 Å². The molecule has 0 aliphatic carbocycles. The average molecular weight is 351 g/mol. The van der Waals surface area contributed by atoms with Crippen LogP contribution in [0.15, 0.2) is 12.4 Å². The van der Waals surface area contributed by atoms with Crippen LogP contribution in [0.25, 0.3) is 0 Å². The zero-order valence-electron chi connectivity index (χ0n) is 10.1. The maximum absolute atomic E-state index is 13.3. The number of alkyl halides is 1. The Morgan fingerprint density at radius 3 is 2.21 bits per heavy atom. The predicted molar refractivity (Wildman–Crippen MR) is 81.9 cm³/mol. The van der Waals surface area contributed by atoms with E-state index in [2.05, 4.69) is 15.2 Å². The Morgan fingerprint density at radius 2 is 1.74 bits per heavy atom. The zero-order chi connectivity index (χ0) is 12.3. The van der Waals surface area contributed by atoms with Gasteiger partial charge in [0.15, 0.2) is 0 Å². The fourth-order valence-electron chi connectivity index (χ4n) is 2.09. The number of piperazine rings is 1. The molecular weight excluding hydrogens is 335 g/mol. The number of pyridine rings is 1. The number of aromatic nitrogens is 1. The molecule has 1 fully saturated rings. The first-order valence-corrected chi connectivity index (χ1v) is 6.29. The number of rotatable bonds is 3. The highest BCUT2D eigenvalue weighted by Gasteiger charge is 2.26. The largest absolute Gasteiger partial charge is 0.314 e. The van der Waals surface area contributed by atoms with Crippen molar-refractivity contribution in [3.8, 4) is 0 Å². The van der Waals surface area contributed by atoms with E-state index >= 15 is 0 Å². The minimum absolute atomic E-state index is 0. The second-order valence-corrected chi connectivity index (χ2v) is 4.79. The van der Waals surface area contributed by atoms with E-state index in [-0.39, 0.29) is 30.9 Å². The normalized spacial score (nSPS) is 17.2. The lowest BCUT2D eigenvalue weighted by molar-refractivity contribution is 0.147. The van der Waals surface area contributed by atoms with Gasteiger partial charge in [-0.15, -0.1) is 24.8 Å². The first kappa shape index (κ1) is 19.2. The van der Waals surface area contributed by atoms with Gasteiger partial charge in [-0.1, -0.05) is 23.2 Å². The summed E-state index contributed by atoms with van der Waals surface area (Å²) in [4.78, 5) is 5.95.